The topological polar surface area (TPSA) is 57.8 Å². The predicted molar refractivity (Wildman–Crippen MR) is 79.0 cm³/mol. The van der Waals surface area contributed by atoms with Crippen LogP contribution in [-0.2, 0) is 11.3 Å². The van der Waals surface area contributed by atoms with Gasteiger partial charge in [-0.05, 0) is 37.8 Å². The van der Waals surface area contributed by atoms with Gasteiger partial charge in [-0.1, -0.05) is 18.2 Å². The standard InChI is InChI=1S/C16H19N3O/c1-16(2,12-17)15(20)18-9-5-10-19-11-8-13-6-3-4-7-14(13)19/h3-4,6-8,11H,5,9-10H2,1-2H3,(H,18,20). The molecule has 4 heteroatoms. The number of benzene rings is 1. The number of carbonyl (C=O) groups is 1. The number of nitrogens with zero attached hydrogens (tertiary/aromatic N) is 2. The minimum Gasteiger partial charge on any atom is -0.355 e. The molecular weight excluding hydrogens is 250 g/mol. The highest BCUT2D eigenvalue weighted by atomic mass is 16.2. The van der Waals surface area contributed by atoms with E-state index in [2.05, 4.69) is 34.3 Å². The van der Waals surface area contributed by atoms with Gasteiger partial charge >= 0.3 is 0 Å². The van der Waals surface area contributed by atoms with Crippen LogP contribution in [0.15, 0.2) is 36.5 Å². The van der Waals surface area contributed by atoms with Crippen LogP contribution < -0.4 is 5.32 Å². The predicted octanol–water partition coefficient (Wildman–Crippen LogP) is 2.70. The fourth-order valence-electron chi connectivity index (χ4n) is 2.06. The minimum absolute atomic E-state index is 0.211. The highest BCUT2D eigenvalue weighted by Gasteiger charge is 2.26. The first kappa shape index (κ1) is 14.1. The molecule has 1 N–H and O–H groups in total. The fourth-order valence-corrected chi connectivity index (χ4v) is 2.06. The fraction of sp³-hybridized carbons (Fsp3) is 0.375. The molecule has 0 saturated carbocycles. The summed E-state index contributed by atoms with van der Waals surface area (Å²) in [7, 11) is 0. The molecule has 0 atom stereocenters. The maximum absolute atomic E-state index is 11.7. The van der Waals surface area contributed by atoms with E-state index in [-0.39, 0.29) is 5.91 Å². The van der Waals surface area contributed by atoms with E-state index in [0.29, 0.717) is 6.54 Å². The van der Waals surface area contributed by atoms with Crippen LogP contribution in [0, 0.1) is 16.7 Å². The lowest BCUT2D eigenvalue weighted by molar-refractivity contribution is -0.126. The molecule has 1 heterocycles. The molecule has 0 saturated heterocycles. The van der Waals surface area contributed by atoms with E-state index in [0.717, 1.165) is 13.0 Å². The Kier molecular flexibility index (Phi) is 4.09. The van der Waals surface area contributed by atoms with Gasteiger partial charge in [0.05, 0.1) is 6.07 Å². The summed E-state index contributed by atoms with van der Waals surface area (Å²) in [5.74, 6) is -0.211. The van der Waals surface area contributed by atoms with Crippen LogP contribution in [-0.4, -0.2) is 17.0 Å². The van der Waals surface area contributed by atoms with Crippen molar-refractivity contribution in [1.29, 1.82) is 5.26 Å². The van der Waals surface area contributed by atoms with Crippen molar-refractivity contribution >= 4 is 16.8 Å². The second-order valence-electron chi connectivity index (χ2n) is 5.41. The quantitative estimate of drug-likeness (QED) is 0.848. The summed E-state index contributed by atoms with van der Waals surface area (Å²) in [6.07, 6.45) is 2.90. The maximum atomic E-state index is 11.7. The summed E-state index contributed by atoms with van der Waals surface area (Å²) in [6.45, 7) is 4.68. The van der Waals surface area contributed by atoms with Crippen LogP contribution in [0.5, 0.6) is 0 Å². The number of nitrogens with one attached hydrogen (secondary N) is 1. The zero-order valence-electron chi connectivity index (χ0n) is 11.9. The van der Waals surface area contributed by atoms with Gasteiger partial charge in [0.1, 0.15) is 5.41 Å². The number of para-hydroxylation sites is 1. The zero-order valence-corrected chi connectivity index (χ0v) is 11.9. The molecular formula is C16H19N3O. The third-order valence-corrected chi connectivity index (χ3v) is 3.39. The van der Waals surface area contributed by atoms with E-state index in [1.54, 1.807) is 13.8 Å². The largest absolute Gasteiger partial charge is 0.355 e. The Balaban J connectivity index is 1.85. The van der Waals surface area contributed by atoms with Gasteiger partial charge < -0.3 is 9.88 Å². The smallest absolute Gasteiger partial charge is 0.239 e. The molecule has 20 heavy (non-hydrogen) atoms. The Labute approximate surface area is 119 Å². The molecule has 0 fully saturated rings. The number of rotatable bonds is 5. The number of carbonyl (C=O) groups excluding carboxylic acids is 1. The van der Waals surface area contributed by atoms with Crippen LogP contribution in [0.3, 0.4) is 0 Å². The highest BCUT2D eigenvalue weighted by Crippen LogP contribution is 2.15. The van der Waals surface area contributed by atoms with E-state index in [4.69, 9.17) is 5.26 Å². The average Bonchev–Trinajstić information content (AvgIpc) is 2.86. The lowest BCUT2D eigenvalue weighted by Gasteiger charge is -2.15. The van der Waals surface area contributed by atoms with Crippen LogP contribution in [0.4, 0.5) is 0 Å². The van der Waals surface area contributed by atoms with Crippen molar-refractivity contribution in [3.63, 3.8) is 0 Å². The van der Waals surface area contributed by atoms with Crippen molar-refractivity contribution in [3.05, 3.63) is 36.5 Å². The number of hydrogen-bond acceptors (Lipinski definition) is 2. The van der Waals surface area contributed by atoms with E-state index in [9.17, 15) is 4.79 Å². The van der Waals surface area contributed by atoms with Gasteiger partial charge in [0.2, 0.25) is 5.91 Å². The number of nitriles is 1. The Morgan fingerprint density at radius 1 is 1.35 bits per heavy atom. The minimum atomic E-state index is -0.958. The molecule has 2 rings (SSSR count). The third-order valence-electron chi connectivity index (χ3n) is 3.39. The molecule has 0 aliphatic carbocycles. The Morgan fingerprint density at radius 2 is 2.10 bits per heavy atom. The first-order valence-electron chi connectivity index (χ1n) is 6.78. The lowest BCUT2D eigenvalue weighted by atomic mass is 9.95. The molecule has 1 aromatic heterocycles. The normalized spacial score (nSPS) is 11.2. The van der Waals surface area contributed by atoms with Gasteiger partial charge in [0.15, 0.2) is 0 Å². The lowest BCUT2D eigenvalue weighted by Crippen LogP contribution is -2.36. The highest BCUT2D eigenvalue weighted by molar-refractivity contribution is 5.84. The van der Waals surface area contributed by atoms with Crippen molar-refractivity contribution in [2.75, 3.05) is 6.54 Å². The second kappa shape index (κ2) is 5.79. The number of fused-ring (bicyclic) bond motifs is 1. The number of hydrogen-bond donors (Lipinski definition) is 1. The summed E-state index contributed by atoms with van der Waals surface area (Å²) in [5, 5.41) is 12.9. The summed E-state index contributed by atoms with van der Waals surface area (Å²) >= 11 is 0. The van der Waals surface area contributed by atoms with Crippen molar-refractivity contribution < 1.29 is 4.79 Å². The van der Waals surface area contributed by atoms with Crippen LogP contribution in [0.2, 0.25) is 0 Å². The van der Waals surface area contributed by atoms with Crippen molar-refractivity contribution in [2.24, 2.45) is 5.41 Å². The Bertz CT molecular complexity index is 649. The van der Waals surface area contributed by atoms with Gasteiger partial charge in [-0.15, -0.1) is 0 Å². The average molecular weight is 269 g/mol. The molecule has 0 aliphatic rings. The molecule has 1 amide bonds. The van der Waals surface area contributed by atoms with E-state index >= 15 is 0 Å². The molecule has 0 bridgehead atoms. The van der Waals surface area contributed by atoms with E-state index < -0.39 is 5.41 Å². The molecule has 4 nitrogen and oxygen atoms in total. The van der Waals surface area contributed by atoms with Gasteiger partial charge in [0.25, 0.3) is 0 Å². The van der Waals surface area contributed by atoms with Crippen LogP contribution in [0.25, 0.3) is 10.9 Å². The SMILES string of the molecule is CC(C)(C#N)C(=O)NCCCn1ccc2ccccc21. The van der Waals surface area contributed by atoms with Crippen LogP contribution in [0.1, 0.15) is 20.3 Å². The molecule has 104 valence electrons. The number of aryl methyl sites for hydroxylation is 1. The number of aromatic nitrogens is 1. The second-order valence-corrected chi connectivity index (χ2v) is 5.41. The molecule has 2 aromatic rings. The zero-order chi connectivity index (χ0) is 14.6. The Hall–Kier alpha value is -2.28. The van der Waals surface area contributed by atoms with E-state index in [1.165, 1.54) is 10.9 Å². The van der Waals surface area contributed by atoms with Crippen molar-refractivity contribution in [3.8, 4) is 6.07 Å². The van der Waals surface area contributed by atoms with Gasteiger partial charge in [0, 0.05) is 24.8 Å². The van der Waals surface area contributed by atoms with Gasteiger partial charge in [-0.25, -0.2) is 0 Å². The molecule has 0 radical (unpaired) electrons. The first-order chi connectivity index (χ1) is 9.54. The summed E-state index contributed by atoms with van der Waals surface area (Å²) in [6, 6.07) is 12.3. The number of amides is 1. The monoisotopic (exact) mass is 269 g/mol. The van der Waals surface area contributed by atoms with Crippen molar-refractivity contribution in [1.82, 2.24) is 9.88 Å². The van der Waals surface area contributed by atoms with Gasteiger partial charge in [-0.2, -0.15) is 5.26 Å². The molecule has 0 spiro atoms. The third kappa shape index (κ3) is 3.00. The van der Waals surface area contributed by atoms with Gasteiger partial charge in [-0.3, -0.25) is 4.79 Å². The first-order valence-corrected chi connectivity index (χ1v) is 6.78. The molecule has 1 aromatic carbocycles. The Morgan fingerprint density at radius 3 is 2.85 bits per heavy atom. The molecule has 0 unspecified atom stereocenters. The van der Waals surface area contributed by atoms with Crippen LogP contribution >= 0.6 is 0 Å². The summed E-state index contributed by atoms with van der Waals surface area (Å²) in [4.78, 5) is 11.7. The van der Waals surface area contributed by atoms with E-state index in [1.807, 2.05) is 18.2 Å². The maximum Gasteiger partial charge on any atom is 0.239 e. The molecule has 0 aliphatic heterocycles. The van der Waals surface area contributed by atoms with Crippen molar-refractivity contribution in [2.45, 2.75) is 26.8 Å². The summed E-state index contributed by atoms with van der Waals surface area (Å²) in [5.41, 5.74) is 0.247. The summed E-state index contributed by atoms with van der Waals surface area (Å²) < 4.78 is 2.18.